The first-order valence-corrected chi connectivity index (χ1v) is 12.4. The number of ether oxygens (including phenoxy) is 1. The molecule has 0 aromatic carbocycles. The van der Waals surface area contributed by atoms with E-state index >= 15 is 0 Å². The molecule has 0 unspecified atom stereocenters. The van der Waals surface area contributed by atoms with Crippen molar-refractivity contribution < 1.29 is 34.9 Å². The van der Waals surface area contributed by atoms with Gasteiger partial charge in [0.2, 0.25) is 0 Å². The monoisotopic (exact) mass is 469 g/mol. The summed E-state index contributed by atoms with van der Waals surface area (Å²) >= 11 is 0. The van der Waals surface area contributed by atoms with Gasteiger partial charge in [0.05, 0.1) is 34.4 Å². The Morgan fingerprint density at radius 1 is 1.13 bits per heavy atom. The van der Waals surface area contributed by atoms with Gasteiger partial charge < -0.3 is 4.74 Å². The molecule has 2 aromatic rings. The van der Waals surface area contributed by atoms with Crippen molar-refractivity contribution in [2.24, 2.45) is 4.36 Å². The fourth-order valence-electron chi connectivity index (χ4n) is 2.17. The van der Waals surface area contributed by atoms with E-state index in [0.29, 0.717) is 0 Å². The van der Waals surface area contributed by atoms with Crippen molar-refractivity contribution in [2.75, 3.05) is 24.9 Å². The fourth-order valence-corrected chi connectivity index (χ4v) is 3.84. The lowest BCUT2D eigenvalue weighted by Gasteiger charge is -2.16. The predicted molar refractivity (Wildman–Crippen MR) is 104 cm³/mol. The molecular weight excluding hydrogens is 450 g/mol. The van der Waals surface area contributed by atoms with Crippen LogP contribution in [-0.4, -0.2) is 59.8 Å². The van der Waals surface area contributed by atoms with Crippen LogP contribution in [0.4, 0.5) is 23.2 Å². The number of hydrogen-bond acceptors (Lipinski definition) is 7. The first kappa shape index (κ1) is 24.0. The molecule has 7 nitrogen and oxygen atoms in total. The number of hydrogen-bond donors (Lipinski definition) is 0. The Balaban J connectivity index is 2.42. The van der Waals surface area contributed by atoms with Crippen molar-refractivity contribution in [1.82, 2.24) is 9.97 Å². The van der Waals surface area contributed by atoms with E-state index in [4.69, 9.17) is 0 Å². The smallest absolute Gasteiger partial charge is 0.340 e. The van der Waals surface area contributed by atoms with Crippen LogP contribution in [0, 0.1) is 0 Å². The molecule has 2 heterocycles. The van der Waals surface area contributed by atoms with Crippen LogP contribution in [0.2, 0.25) is 0 Å². The minimum atomic E-state index is -4.32. The van der Waals surface area contributed by atoms with E-state index in [1.165, 1.54) is 43.8 Å². The summed E-state index contributed by atoms with van der Waals surface area (Å²) in [6.45, 7) is -0.109. The molecule has 30 heavy (non-hydrogen) atoms. The van der Waals surface area contributed by atoms with Crippen molar-refractivity contribution in [3.8, 4) is 17.1 Å². The third-order valence-corrected chi connectivity index (χ3v) is 6.00. The second-order valence-corrected chi connectivity index (χ2v) is 11.2. The summed E-state index contributed by atoms with van der Waals surface area (Å²) in [5, 5.41) is 0. The van der Waals surface area contributed by atoms with E-state index in [-0.39, 0.29) is 33.5 Å². The molecule has 13 heteroatoms. The average Bonchev–Trinajstić information content (AvgIpc) is 2.65. The Morgan fingerprint density at radius 2 is 1.80 bits per heavy atom. The molecule has 2 rings (SSSR count). The van der Waals surface area contributed by atoms with Gasteiger partial charge in [-0.25, -0.2) is 21.4 Å². The molecule has 0 aliphatic rings. The average molecular weight is 469 g/mol. The van der Waals surface area contributed by atoms with E-state index in [1.54, 1.807) is 0 Å². The summed E-state index contributed by atoms with van der Waals surface area (Å²) in [7, 11) is -6.33. The van der Waals surface area contributed by atoms with Gasteiger partial charge in [0.15, 0.2) is 16.4 Å². The van der Waals surface area contributed by atoms with Crippen LogP contribution >= 0.6 is 0 Å². The third kappa shape index (κ3) is 6.11. The maximum absolute atomic E-state index is 13.0. The number of rotatable bonds is 8. The van der Waals surface area contributed by atoms with Crippen LogP contribution in [0.5, 0.6) is 5.75 Å². The normalized spacial score (nSPS) is 12.8. The zero-order chi connectivity index (χ0) is 22.7. The van der Waals surface area contributed by atoms with Gasteiger partial charge in [-0.2, -0.15) is 13.1 Å². The number of nitrogens with zero attached hydrogens (tertiary/aromatic N) is 3. The molecule has 0 saturated carbocycles. The molecule has 0 amide bonds. The van der Waals surface area contributed by atoms with Crippen LogP contribution in [0.25, 0.3) is 11.4 Å². The molecule has 0 aliphatic heterocycles. The zero-order valence-electron chi connectivity index (χ0n) is 16.2. The van der Waals surface area contributed by atoms with Crippen LogP contribution in [-0.2, 0) is 19.6 Å². The highest BCUT2D eigenvalue weighted by Crippen LogP contribution is 2.30. The maximum atomic E-state index is 13.0. The summed E-state index contributed by atoms with van der Waals surface area (Å²) in [5.41, 5.74) is 0.157. The molecule has 0 saturated heterocycles. The lowest BCUT2D eigenvalue weighted by atomic mass is 10.2. The summed E-state index contributed by atoms with van der Waals surface area (Å²) in [4.78, 5) is 7.81. The Morgan fingerprint density at radius 3 is 2.30 bits per heavy atom. The number of pyridine rings is 2. The van der Waals surface area contributed by atoms with Gasteiger partial charge in [0.1, 0.15) is 11.4 Å². The highest BCUT2D eigenvalue weighted by Gasteiger charge is 2.41. The minimum absolute atomic E-state index is 0.0287. The molecule has 0 bridgehead atoms. The maximum Gasteiger partial charge on any atom is 0.340 e. The number of sulfone groups is 1. The van der Waals surface area contributed by atoms with E-state index in [0.717, 1.165) is 6.20 Å². The quantitative estimate of drug-likeness (QED) is 0.548. The second kappa shape index (κ2) is 8.84. The van der Waals surface area contributed by atoms with Crippen molar-refractivity contribution in [3.63, 3.8) is 0 Å². The molecular formula is C17H19F4N3O4S2. The van der Waals surface area contributed by atoms with Gasteiger partial charge in [-0.1, -0.05) is 6.92 Å². The Kier molecular flexibility index (Phi) is 7.07. The SMILES string of the molecule is CCS(=O)(=O)c1cc(N=S(C)(C)=O)cnc1-c1ccc(OCC(F)(F)C(F)F)cn1. The molecule has 0 radical (unpaired) electrons. The number of halogens is 4. The summed E-state index contributed by atoms with van der Waals surface area (Å²) in [5.74, 6) is -4.77. The lowest BCUT2D eigenvalue weighted by Crippen LogP contribution is -2.33. The highest BCUT2D eigenvalue weighted by molar-refractivity contribution is 7.92. The van der Waals surface area contributed by atoms with Crippen molar-refractivity contribution in [1.29, 1.82) is 0 Å². The Bertz CT molecular complexity index is 1120. The molecule has 2 aromatic heterocycles. The van der Waals surface area contributed by atoms with E-state index in [1.807, 2.05) is 0 Å². The zero-order valence-corrected chi connectivity index (χ0v) is 17.8. The Labute approximate surface area is 171 Å². The van der Waals surface area contributed by atoms with Gasteiger partial charge in [-0.15, -0.1) is 0 Å². The molecule has 166 valence electrons. The van der Waals surface area contributed by atoms with Crippen LogP contribution < -0.4 is 4.74 Å². The van der Waals surface area contributed by atoms with Crippen LogP contribution in [0.15, 0.2) is 39.9 Å². The first-order valence-electron chi connectivity index (χ1n) is 8.40. The van der Waals surface area contributed by atoms with E-state index < -0.39 is 38.5 Å². The Hall–Kier alpha value is -2.28. The van der Waals surface area contributed by atoms with Gasteiger partial charge in [-0.05, 0) is 18.2 Å². The predicted octanol–water partition coefficient (Wildman–Crippen LogP) is 3.58. The molecule has 0 fully saturated rings. The fraction of sp³-hybridized carbons (Fsp3) is 0.412. The molecule has 0 N–H and O–H groups in total. The van der Waals surface area contributed by atoms with Gasteiger partial charge in [0.25, 0.3) is 0 Å². The van der Waals surface area contributed by atoms with Gasteiger partial charge in [-0.3, -0.25) is 9.97 Å². The van der Waals surface area contributed by atoms with Crippen LogP contribution in [0.1, 0.15) is 6.92 Å². The summed E-state index contributed by atoms with van der Waals surface area (Å²) < 4.78 is 95.7. The second-order valence-electron chi connectivity index (χ2n) is 6.45. The molecule has 0 atom stereocenters. The molecule has 0 aliphatic carbocycles. The van der Waals surface area contributed by atoms with E-state index in [2.05, 4.69) is 19.1 Å². The highest BCUT2D eigenvalue weighted by atomic mass is 32.2. The third-order valence-electron chi connectivity index (χ3n) is 3.61. The summed E-state index contributed by atoms with van der Waals surface area (Å²) in [6, 6.07) is 3.66. The largest absolute Gasteiger partial charge is 0.485 e. The topological polar surface area (TPSA) is 98.6 Å². The van der Waals surface area contributed by atoms with Crippen LogP contribution in [0.3, 0.4) is 0 Å². The number of aromatic nitrogens is 2. The molecule has 0 spiro atoms. The number of alkyl halides is 4. The van der Waals surface area contributed by atoms with E-state index in [9.17, 15) is 30.2 Å². The first-order chi connectivity index (χ1) is 13.7. The minimum Gasteiger partial charge on any atom is -0.485 e. The standard InChI is InChI=1S/C17H19F4N3O4S2/c1-4-30(26,27)14-7-11(24-29(2,3)25)8-23-15(14)13-6-5-12(9-22-13)28-10-17(20,21)16(18)19/h5-9,16H,4,10H2,1-3H3. The van der Waals surface area contributed by atoms with Gasteiger partial charge in [0, 0.05) is 22.2 Å². The van der Waals surface area contributed by atoms with Crippen molar-refractivity contribution in [2.45, 2.75) is 24.2 Å². The van der Waals surface area contributed by atoms with Crippen molar-refractivity contribution in [3.05, 3.63) is 30.6 Å². The lowest BCUT2D eigenvalue weighted by molar-refractivity contribution is -0.148. The van der Waals surface area contributed by atoms with Gasteiger partial charge >= 0.3 is 12.3 Å². The summed E-state index contributed by atoms with van der Waals surface area (Å²) in [6.07, 6.45) is 1.11. The van der Waals surface area contributed by atoms with Crippen molar-refractivity contribution >= 4 is 25.3 Å².